The van der Waals surface area contributed by atoms with Crippen LogP contribution in [0.5, 0.6) is 11.8 Å². The van der Waals surface area contributed by atoms with E-state index in [-0.39, 0.29) is 24.2 Å². The topological polar surface area (TPSA) is 138 Å². The van der Waals surface area contributed by atoms with Crippen LogP contribution in [0.3, 0.4) is 0 Å². The first-order valence-corrected chi connectivity index (χ1v) is 15.4. The highest BCUT2D eigenvalue weighted by Gasteiger charge is 2.42. The second-order valence-corrected chi connectivity index (χ2v) is 12.2. The summed E-state index contributed by atoms with van der Waals surface area (Å²) in [5.74, 6) is 0.648. The van der Waals surface area contributed by atoms with E-state index in [0.717, 1.165) is 59.8 Å². The Kier molecular flexibility index (Phi) is 7.51. The van der Waals surface area contributed by atoms with E-state index in [9.17, 15) is 9.90 Å². The molecule has 12 heteroatoms. The summed E-state index contributed by atoms with van der Waals surface area (Å²) in [5.41, 5.74) is 5.09. The summed E-state index contributed by atoms with van der Waals surface area (Å²) in [7, 11) is 3.62. The lowest BCUT2D eigenvalue weighted by Crippen LogP contribution is -2.59. The molecule has 2 aromatic carbocycles. The average Bonchev–Trinajstić information content (AvgIpc) is 3.54. The fourth-order valence-electron chi connectivity index (χ4n) is 6.70. The quantitative estimate of drug-likeness (QED) is 0.265. The van der Waals surface area contributed by atoms with Crippen molar-refractivity contribution in [2.24, 2.45) is 0 Å². The first kappa shape index (κ1) is 28.8. The van der Waals surface area contributed by atoms with Gasteiger partial charge in [-0.05, 0) is 82.4 Å². The number of benzene rings is 2. The predicted molar refractivity (Wildman–Crippen MR) is 165 cm³/mol. The molecule has 1 saturated carbocycles. The third kappa shape index (κ3) is 5.10. The van der Waals surface area contributed by atoms with E-state index in [1.165, 1.54) is 12.0 Å². The lowest BCUT2D eigenvalue weighted by molar-refractivity contribution is -0.0692. The largest absolute Gasteiger partial charge is 0.487 e. The SMILES string of the molecule is COC1CNC(C)C(c2nc(OC[C@@H]3CCCN3C)nc3c(OC4CC4)c(-c4c(C)ccc5[nH]ncc45)ccc23)N1C(=O)O. The number of carboxylic acid groups (broad SMARTS) is 1. The molecule has 44 heavy (non-hydrogen) atoms. The van der Waals surface area contributed by atoms with Crippen LogP contribution in [0.1, 0.15) is 49.9 Å². The molecule has 0 radical (unpaired) electrons. The van der Waals surface area contributed by atoms with E-state index in [1.54, 1.807) is 0 Å². The fraction of sp³-hybridized carbons (Fsp3) is 0.500. The van der Waals surface area contributed by atoms with Crippen LogP contribution in [-0.2, 0) is 4.74 Å². The zero-order chi connectivity index (χ0) is 30.5. The van der Waals surface area contributed by atoms with Crippen LogP contribution in [-0.4, -0.2) is 99.4 Å². The summed E-state index contributed by atoms with van der Waals surface area (Å²) in [6, 6.07) is 7.68. The van der Waals surface area contributed by atoms with Gasteiger partial charge in [0.25, 0.3) is 0 Å². The summed E-state index contributed by atoms with van der Waals surface area (Å²) in [6.45, 7) is 5.88. The van der Waals surface area contributed by atoms with Crippen molar-refractivity contribution in [1.29, 1.82) is 0 Å². The minimum absolute atomic E-state index is 0.0850. The highest BCUT2D eigenvalue weighted by atomic mass is 16.5. The van der Waals surface area contributed by atoms with E-state index >= 15 is 0 Å². The molecule has 2 aromatic heterocycles. The van der Waals surface area contributed by atoms with Crippen LogP contribution in [0.15, 0.2) is 30.5 Å². The molecule has 2 saturated heterocycles. The van der Waals surface area contributed by atoms with Gasteiger partial charge in [-0.1, -0.05) is 6.07 Å². The standard InChI is InChI=1S/C32H39N7O5/c1-17-7-12-24-23(14-34-37-24)26(17)21-10-11-22-27(29-18(2)33-15-25(42-4)39(29)32(40)41)35-31(43-16-19-6-5-13-38(19)3)36-28(22)30(21)44-20-8-9-20/h7,10-12,14,18-20,25,29,33H,5-6,8-9,13,15-16H2,1-4H3,(H,34,37)(H,40,41)/t18?,19-,25?,29?/m0/s1. The molecule has 0 spiro atoms. The molecule has 4 aromatic rings. The second-order valence-electron chi connectivity index (χ2n) is 12.2. The Hall–Kier alpha value is -4.00. The van der Waals surface area contributed by atoms with Gasteiger partial charge in [0.15, 0.2) is 5.75 Å². The van der Waals surface area contributed by atoms with E-state index in [4.69, 9.17) is 24.2 Å². The first-order chi connectivity index (χ1) is 21.3. The highest BCUT2D eigenvalue weighted by Crippen LogP contribution is 2.45. The van der Waals surface area contributed by atoms with E-state index < -0.39 is 18.4 Å². The van der Waals surface area contributed by atoms with Crippen LogP contribution in [0.4, 0.5) is 4.79 Å². The maximum atomic E-state index is 12.7. The van der Waals surface area contributed by atoms with Gasteiger partial charge in [-0.15, -0.1) is 0 Å². The van der Waals surface area contributed by atoms with E-state index in [1.807, 2.05) is 31.3 Å². The Morgan fingerprint density at radius 2 is 1.98 bits per heavy atom. The number of amides is 1. The van der Waals surface area contributed by atoms with Gasteiger partial charge in [-0.2, -0.15) is 15.1 Å². The number of likely N-dealkylation sites (N-methyl/N-ethyl adjacent to an activating group) is 1. The van der Waals surface area contributed by atoms with Crippen molar-refractivity contribution in [1.82, 2.24) is 35.3 Å². The molecule has 4 atom stereocenters. The number of carbonyl (C=O) groups is 1. The molecule has 4 heterocycles. The summed E-state index contributed by atoms with van der Waals surface area (Å²) in [5, 5.41) is 22.9. The van der Waals surface area contributed by atoms with Crippen molar-refractivity contribution in [2.75, 3.05) is 33.9 Å². The Labute approximate surface area is 255 Å². The van der Waals surface area contributed by atoms with Gasteiger partial charge in [-0.3, -0.25) is 10.00 Å². The number of hydrogen-bond donors (Lipinski definition) is 3. The second kappa shape index (κ2) is 11.5. The Balaban J connectivity index is 1.45. The number of aryl methyl sites for hydroxylation is 1. The molecule has 2 aliphatic heterocycles. The number of likely N-dealkylation sites (tertiary alicyclic amines) is 1. The maximum Gasteiger partial charge on any atom is 0.410 e. The number of H-pyrrole nitrogens is 1. The fourth-order valence-corrected chi connectivity index (χ4v) is 6.70. The predicted octanol–water partition coefficient (Wildman–Crippen LogP) is 4.48. The molecular formula is C32H39N7O5. The van der Waals surface area contributed by atoms with Gasteiger partial charge < -0.3 is 29.5 Å². The number of methoxy groups -OCH3 is 1. The third-order valence-corrected chi connectivity index (χ3v) is 9.29. The van der Waals surface area contributed by atoms with Crippen LogP contribution in [0.25, 0.3) is 32.9 Å². The van der Waals surface area contributed by atoms with Gasteiger partial charge in [-0.25, -0.2) is 4.79 Å². The lowest BCUT2D eigenvalue weighted by atomic mass is 9.92. The van der Waals surface area contributed by atoms with Crippen molar-refractivity contribution in [3.05, 3.63) is 41.7 Å². The van der Waals surface area contributed by atoms with Gasteiger partial charge in [0.2, 0.25) is 0 Å². The van der Waals surface area contributed by atoms with Crippen molar-refractivity contribution >= 4 is 27.9 Å². The van der Waals surface area contributed by atoms with Crippen molar-refractivity contribution in [3.8, 4) is 22.9 Å². The number of nitrogens with one attached hydrogen (secondary N) is 2. The molecule has 3 fully saturated rings. The molecule has 7 rings (SSSR count). The van der Waals surface area contributed by atoms with Crippen LogP contribution < -0.4 is 14.8 Å². The van der Waals surface area contributed by atoms with Gasteiger partial charge in [0.1, 0.15) is 18.4 Å². The normalized spacial score (nSPS) is 24.3. The Morgan fingerprint density at radius 1 is 1.14 bits per heavy atom. The molecule has 3 unspecified atom stereocenters. The van der Waals surface area contributed by atoms with Crippen LogP contribution >= 0.6 is 0 Å². The summed E-state index contributed by atoms with van der Waals surface area (Å²) in [4.78, 5) is 26.3. The number of rotatable bonds is 8. The van der Waals surface area contributed by atoms with E-state index in [0.29, 0.717) is 35.5 Å². The number of fused-ring (bicyclic) bond motifs is 2. The van der Waals surface area contributed by atoms with E-state index in [2.05, 4.69) is 40.5 Å². The van der Waals surface area contributed by atoms with Crippen LogP contribution in [0, 0.1) is 6.92 Å². The Bertz CT molecular complexity index is 1710. The van der Waals surface area contributed by atoms with Crippen molar-refractivity contribution < 1.29 is 24.1 Å². The molecule has 0 bridgehead atoms. The number of hydrogen-bond acceptors (Lipinski definition) is 9. The molecule has 12 nitrogen and oxygen atoms in total. The summed E-state index contributed by atoms with van der Waals surface area (Å²) in [6.07, 6.45) is 4.25. The number of aromatic amines is 1. The molecule has 3 N–H and O–H groups in total. The van der Waals surface area contributed by atoms with Crippen LogP contribution in [0.2, 0.25) is 0 Å². The minimum Gasteiger partial charge on any atom is -0.487 e. The van der Waals surface area contributed by atoms with Crippen molar-refractivity contribution in [3.63, 3.8) is 0 Å². The molecular weight excluding hydrogens is 562 g/mol. The summed E-state index contributed by atoms with van der Waals surface area (Å²) >= 11 is 0. The molecule has 232 valence electrons. The Morgan fingerprint density at radius 3 is 2.70 bits per heavy atom. The maximum absolute atomic E-state index is 12.7. The lowest BCUT2D eigenvalue weighted by Gasteiger charge is -2.43. The zero-order valence-corrected chi connectivity index (χ0v) is 25.5. The van der Waals surface area contributed by atoms with Crippen molar-refractivity contribution in [2.45, 2.75) is 70.0 Å². The highest BCUT2D eigenvalue weighted by molar-refractivity contribution is 6.02. The number of ether oxygens (including phenoxy) is 3. The number of aromatic nitrogens is 4. The minimum atomic E-state index is -1.08. The first-order valence-electron chi connectivity index (χ1n) is 15.4. The third-order valence-electron chi connectivity index (χ3n) is 9.29. The molecule has 3 aliphatic rings. The summed E-state index contributed by atoms with van der Waals surface area (Å²) < 4.78 is 18.6. The van der Waals surface area contributed by atoms with Gasteiger partial charge in [0.05, 0.1) is 29.6 Å². The van der Waals surface area contributed by atoms with Gasteiger partial charge >= 0.3 is 12.1 Å². The molecule has 1 amide bonds. The number of piperazine rings is 1. The van der Waals surface area contributed by atoms with Gasteiger partial charge in [0, 0.05) is 42.1 Å². The smallest absolute Gasteiger partial charge is 0.410 e. The monoisotopic (exact) mass is 601 g/mol. The number of nitrogens with zero attached hydrogens (tertiary/aromatic N) is 5. The average molecular weight is 602 g/mol. The molecule has 1 aliphatic carbocycles. The zero-order valence-electron chi connectivity index (χ0n) is 25.5.